The van der Waals surface area contributed by atoms with Crippen LogP contribution >= 0.6 is 11.6 Å². The van der Waals surface area contributed by atoms with E-state index in [1.807, 2.05) is 12.1 Å². The smallest absolute Gasteiger partial charge is 0.231 e. The van der Waals surface area contributed by atoms with Gasteiger partial charge in [0.25, 0.3) is 0 Å². The number of anilines is 1. The lowest BCUT2D eigenvalue weighted by Crippen LogP contribution is -2.28. The molecule has 136 valence electrons. The molecule has 6 nitrogen and oxygen atoms in total. The quantitative estimate of drug-likeness (QED) is 0.646. The van der Waals surface area contributed by atoms with Crippen LogP contribution in [0.3, 0.4) is 0 Å². The number of pyridine rings is 2. The first-order valence-corrected chi connectivity index (χ1v) is 8.83. The van der Waals surface area contributed by atoms with Gasteiger partial charge in [-0.15, -0.1) is 0 Å². The molecule has 1 aliphatic rings. The monoisotopic (exact) mass is 383 g/mol. The molecule has 0 saturated carbocycles. The first-order valence-electron chi connectivity index (χ1n) is 8.45. The van der Waals surface area contributed by atoms with Crippen molar-refractivity contribution in [3.63, 3.8) is 0 Å². The summed E-state index contributed by atoms with van der Waals surface area (Å²) in [5.41, 5.74) is 2.37. The summed E-state index contributed by atoms with van der Waals surface area (Å²) < 4.78 is 13.2. The first kappa shape index (κ1) is 17.5. The molecule has 8 heteroatoms. The summed E-state index contributed by atoms with van der Waals surface area (Å²) in [5, 5.41) is -0.0348. The summed E-state index contributed by atoms with van der Waals surface area (Å²) in [6, 6.07) is 5.22. The van der Waals surface area contributed by atoms with Gasteiger partial charge in [-0.25, -0.2) is 9.97 Å². The fourth-order valence-corrected chi connectivity index (χ4v) is 3.33. The van der Waals surface area contributed by atoms with Crippen LogP contribution in [0.25, 0.3) is 11.3 Å². The first-order chi connectivity index (χ1) is 13.1. The second kappa shape index (κ2) is 7.36. The van der Waals surface area contributed by atoms with E-state index in [2.05, 4.69) is 19.9 Å². The second-order valence-corrected chi connectivity index (χ2v) is 6.70. The van der Waals surface area contributed by atoms with Crippen LogP contribution in [0.1, 0.15) is 12.0 Å². The molecule has 0 spiro atoms. The van der Waals surface area contributed by atoms with Gasteiger partial charge in [-0.2, -0.15) is 4.39 Å². The molecule has 3 aromatic rings. The molecule has 4 rings (SSSR count). The minimum absolute atomic E-state index is 0.0265. The third-order valence-corrected chi connectivity index (χ3v) is 4.81. The molecule has 0 radical (unpaired) electrons. The normalized spacial score (nSPS) is 16.7. The minimum Gasteiger partial charge on any atom is -0.295 e. The van der Waals surface area contributed by atoms with Crippen molar-refractivity contribution < 1.29 is 9.18 Å². The van der Waals surface area contributed by atoms with E-state index < -0.39 is 5.95 Å². The van der Waals surface area contributed by atoms with E-state index in [-0.39, 0.29) is 16.8 Å². The molecule has 3 aromatic heterocycles. The van der Waals surface area contributed by atoms with Crippen molar-refractivity contribution in [3.8, 4) is 11.3 Å². The van der Waals surface area contributed by atoms with Crippen LogP contribution in [0.5, 0.6) is 0 Å². The maximum Gasteiger partial charge on any atom is 0.231 e. The van der Waals surface area contributed by atoms with Crippen molar-refractivity contribution in [2.24, 2.45) is 5.92 Å². The van der Waals surface area contributed by atoms with Crippen molar-refractivity contribution in [1.82, 2.24) is 19.9 Å². The number of carbonyl (C=O) groups excluding carboxylic acids is 1. The number of nitrogens with zero attached hydrogens (tertiary/aromatic N) is 5. The molecule has 4 heterocycles. The third kappa shape index (κ3) is 3.64. The zero-order valence-electron chi connectivity index (χ0n) is 14.2. The summed E-state index contributed by atoms with van der Waals surface area (Å²) in [5.74, 6) is -0.420. The summed E-state index contributed by atoms with van der Waals surface area (Å²) in [6.45, 7) is 0.565. The number of hydrogen-bond donors (Lipinski definition) is 0. The molecule has 0 aliphatic carbocycles. The summed E-state index contributed by atoms with van der Waals surface area (Å²) in [4.78, 5) is 30.8. The van der Waals surface area contributed by atoms with Crippen LogP contribution in [-0.4, -0.2) is 32.4 Å². The van der Waals surface area contributed by atoms with E-state index in [0.717, 1.165) is 16.8 Å². The van der Waals surface area contributed by atoms with Gasteiger partial charge < -0.3 is 0 Å². The lowest BCUT2D eigenvalue weighted by molar-refractivity contribution is -0.120. The van der Waals surface area contributed by atoms with Crippen LogP contribution in [-0.2, 0) is 11.2 Å². The van der Waals surface area contributed by atoms with Gasteiger partial charge >= 0.3 is 0 Å². The molecule has 1 fully saturated rings. The van der Waals surface area contributed by atoms with Crippen molar-refractivity contribution in [2.45, 2.75) is 12.8 Å². The summed E-state index contributed by atoms with van der Waals surface area (Å²) >= 11 is 5.77. The summed E-state index contributed by atoms with van der Waals surface area (Å²) in [6.07, 6.45) is 9.19. The Kier molecular flexibility index (Phi) is 4.77. The van der Waals surface area contributed by atoms with E-state index in [4.69, 9.17) is 11.6 Å². The van der Waals surface area contributed by atoms with E-state index in [1.165, 1.54) is 12.3 Å². The van der Waals surface area contributed by atoms with Crippen LogP contribution in [0.15, 0.2) is 49.2 Å². The van der Waals surface area contributed by atoms with Crippen LogP contribution in [0, 0.1) is 11.9 Å². The molecule has 0 unspecified atom stereocenters. The highest BCUT2D eigenvalue weighted by molar-refractivity contribution is 6.30. The highest BCUT2D eigenvalue weighted by atomic mass is 35.5. The van der Waals surface area contributed by atoms with Gasteiger partial charge in [-0.1, -0.05) is 11.6 Å². The number of carbonyl (C=O) groups is 1. The molecule has 1 aliphatic heterocycles. The van der Waals surface area contributed by atoms with Crippen molar-refractivity contribution in [1.29, 1.82) is 0 Å². The van der Waals surface area contributed by atoms with E-state index in [9.17, 15) is 9.18 Å². The number of rotatable bonds is 4. The van der Waals surface area contributed by atoms with Crippen molar-refractivity contribution in [2.75, 3.05) is 11.4 Å². The number of hydrogen-bond acceptors (Lipinski definition) is 5. The molecule has 0 bridgehead atoms. The molecule has 0 N–H and O–H groups in total. The fourth-order valence-electron chi connectivity index (χ4n) is 3.15. The number of amides is 1. The topological polar surface area (TPSA) is 71.9 Å². The van der Waals surface area contributed by atoms with E-state index in [1.54, 1.807) is 29.7 Å². The zero-order valence-corrected chi connectivity index (χ0v) is 15.0. The van der Waals surface area contributed by atoms with Crippen molar-refractivity contribution >= 4 is 23.3 Å². The molecule has 1 amide bonds. The Morgan fingerprint density at radius 1 is 1.15 bits per heavy atom. The Morgan fingerprint density at radius 3 is 2.67 bits per heavy atom. The van der Waals surface area contributed by atoms with Gasteiger partial charge in [0.1, 0.15) is 0 Å². The van der Waals surface area contributed by atoms with Crippen LogP contribution in [0.4, 0.5) is 10.2 Å². The predicted octanol–water partition coefficient (Wildman–Crippen LogP) is 3.32. The maximum absolute atomic E-state index is 13.2. The van der Waals surface area contributed by atoms with Gasteiger partial charge in [0, 0.05) is 36.6 Å². The lowest BCUT2D eigenvalue weighted by atomic mass is 9.99. The molecule has 1 atom stereocenters. The Bertz CT molecular complexity index is 968. The lowest BCUT2D eigenvalue weighted by Gasteiger charge is -2.15. The van der Waals surface area contributed by atoms with Gasteiger partial charge in [-0.3, -0.25) is 19.7 Å². The fraction of sp³-hybridized carbons (Fsp3) is 0.211. The standard InChI is InChI=1S/C19H15ClFN5O/c20-15-8-12(9-25-18(15)21)7-14-3-6-26(19(14)27)17-11-23-16(10-24-17)13-1-4-22-5-2-13/h1-2,4-5,8-11,14H,3,6-7H2/t14-/m1/s1. The zero-order chi connectivity index (χ0) is 18.8. The van der Waals surface area contributed by atoms with E-state index in [0.29, 0.717) is 25.2 Å². The van der Waals surface area contributed by atoms with Gasteiger partial charge in [-0.05, 0) is 36.6 Å². The van der Waals surface area contributed by atoms with Crippen LogP contribution < -0.4 is 4.90 Å². The number of aromatic nitrogens is 4. The van der Waals surface area contributed by atoms with Crippen molar-refractivity contribution in [3.05, 3.63) is 65.7 Å². The summed E-state index contributed by atoms with van der Waals surface area (Å²) in [7, 11) is 0. The van der Waals surface area contributed by atoms with E-state index >= 15 is 0 Å². The average molecular weight is 384 g/mol. The Hall–Kier alpha value is -2.93. The molecular weight excluding hydrogens is 369 g/mol. The van der Waals surface area contributed by atoms with Gasteiger partial charge in [0.05, 0.1) is 23.1 Å². The Labute approximate surface area is 160 Å². The maximum atomic E-state index is 13.2. The molecule has 1 saturated heterocycles. The number of halogens is 2. The largest absolute Gasteiger partial charge is 0.295 e. The average Bonchev–Trinajstić information content (AvgIpc) is 3.06. The third-order valence-electron chi connectivity index (χ3n) is 4.54. The predicted molar refractivity (Wildman–Crippen MR) is 98.6 cm³/mol. The molecule has 27 heavy (non-hydrogen) atoms. The molecular formula is C19H15ClFN5O. The molecule has 0 aromatic carbocycles. The Balaban J connectivity index is 1.47. The highest BCUT2D eigenvalue weighted by Crippen LogP contribution is 2.27. The highest BCUT2D eigenvalue weighted by Gasteiger charge is 2.33. The SMILES string of the molecule is O=C1[C@@H](Cc2cnc(F)c(Cl)c2)CCN1c1cnc(-c2ccncc2)cn1. The van der Waals surface area contributed by atoms with Crippen LogP contribution in [0.2, 0.25) is 5.02 Å². The second-order valence-electron chi connectivity index (χ2n) is 6.29. The Morgan fingerprint density at radius 2 is 1.96 bits per heavy atom. The minimum atomic E-state index is -0.704. The van der Waals surface area contributed by atoms with Gasteiger partial charge in [0.2, 0.25) is 11.9 Å². The van der Waals surface area contributed by atoms with Gasteiger partial charge in [0.15, 0.2) is 5.82 Å².